The van der Waals surface area contributed by atoms with E-state index in [1.165, 1.54) is 36.4 Å². The van der Waals surface area contributed by atoms with Crippen molar-refractivity contribution in [3.63, 3.8) is 0 Å². The Morgan fingerprint density at radius 1 is 0.694 bits per heavy atom. The fourth-order valence-corrected chi connectivity index (χ4v) is 14.1. The maximum absolute atomic E-state index is 12.2. The Morgan fingerprint density at radius 3 is 1.28 bits per heavy atom. The van der Waals surface area contributed by atoms with E-state index in [4.69, 9.17) is 5.73 Å². The maximum Gasteiger partial charge on any atom is 0.269 e. The Labute approximate surface area is 213 Å². The van der Waals surface area contributed by atoms with Gasteiger partial charge in [0.1, 0.15) is 25.3 Å². The largest absolute Gasteiger partial charge is 0.399 e. The first kappa shape index (κ1) is 32.0. The molecule has 0 aliphatic rings. The zero-order valence-electron chi connectivity index (χ0n) is 20.9. The van der Waals surface area contributed by atoms with Crippen LogP contribution in [-0.2, 0) is 28.8 Å². The molecule has 0 aliphatic carbocycles. The van der Waals surface area contributed by atoms with Gasteiger partial charge in [0.05, 0.1) is 14.7 Å². The van der Waals surface area contributed by atoms with Gasteiger partial charge in [-0.3, -0.25) is 10.1 Å². The molecule has 0 saturated heterocycles. The predicted octanol–water partition coefficient (Wildman–Crippen LogP) is 5.13. The van der Waals surface area contributed by atoms with Gasteiger partial charge in [-0.2, -0.15) is 0 Å². The number of non-ortho nitro benzene ring substituents is 1. The number of anilines is 1. The molecule has 0 aliphatic heterocycles. The number of nitrogen functional groups attached to an aromatic ring is 1. The Hall–Kier alpha value is -2.00. The number of nitrogens with two attached hydrogens (primary N) is 1. The van der Waals surface area contributed by atoms with Gasteiger partial charge in [0.15, 0.2) is 19.7 Å². The molecule has 0 spiro atoms. The van der Waals surface area contributed by atoms with Gasteiger partial charge in [-0.05, 0) is 61.0 Å². The summed E-state index contributed by atoms with van der Waals surface area (Å²) < 4.78 is 72.8. The number of nitro benzene ring substituents is 1. The predicted molar refractivity (Wildman–Crippen MR) is 145 cm³/mol. The van der Waals surface area contributed by atoms with Gasteiger partial charge in [-0.15, -0.1) is 0 Å². The second-order valence-electron chi connectivity index (χ2n) is 8.19. The third-order valence-corrected chi connectivity index (χ3v) is 18.8. The molecule has 2 N–H and O–H groups in total. The molecule has 0 radical (unpaired) electrons. The fraction of sp³-hybridized carbons (Fsp3) is 0.455. The molecule has 0 saturated carbocycles. The minimum Gasteiger partial charge on any atom is -0.399 e. The number of nitrogens with zero attached hydrogens (tertiary/aromatic N) is 1. The molecule has 0 fully saturated rings. The Balaban J connectivity index is 0.000000362. The number of rotatable bonds is 11. The molecule has 2 rings (SSSR count). The van der Waals surface area contributed by atoms with Crippen LogP contribution in [0.3, 0.4) is 0 Å². The number of hydrogen-bond acceptors (Lipinski definition) is 9. The number of benzene rings is 2. The van der Waals surface area contributed by atoms with E-state index in [9.17, 15) is 36.1 Å². The summed E-state index contributed by atoms with van der Waals surface area (Å²) >= 11 is 0. The van der Waals surface area contributed by atoms with Crippen molar-refractivity contribution in [1.29, 1.82) is 0 Å². The molecule has 0 amide bonds. The van der Waals surface area contributed by atoms with Crippen LogP contribution in [0.15, 0.2) is 58.3 Å². The minimum absolute atomic E-state index is 0.0276. The summed E-state index contributed by atoms with van der Waals surface area (Å²) in [5.74, 6) is 0. The third-order valence-electron chi connectivity index (χ3n) is 5.76. The van der Waals surface area contributed by atoms with Crippen LogP contribution in [0.1, 0.15) is 27.7 Å². The topological polar surface area (TPSA) is 172 Å². The van der Waals surface area contributed by atoms with Crippen LogP contribution in [0.2, 0.25) is 0 Å². The number of hydrogen-bond donors (Lipinski definition) is 1. The van der Waals surface area contributed by atoms with Gasteiger partial charge in [0.2, 0.25) is 0 Å². The van der Waals surface area contributed by atoms with Gasteiger partial charge in [-0.1, -0.05) is 27.7 Å². The smallest absolute Gasteiger partial charge is 0.269 e. The average molecular weight is 581 g/mol. The molecular weight excluding hydrogens is 546 g/mol. The first-order chi connectivity index (χ1) is 16.6. The number of nitro groups is 1. The van der Waals surface area contributed by atoms with Gasteiger partial charge in [0.25, 0.3) is 5.69 Å². The normalized spacial score (nSPS) is 12.4. The summed E-state index contributed by atoms with van der Waals surface area (Å²) in [5.41, 5.74) is 5.20. The lowest BCUT2D eigenvalue weighted by Gasteiger charge is -2.14. The van der Waals surface area contributed by atoms with Crippen molar-refractivity contribution < 1.29 is 30.9 Å². The van der Waals surface area contributed by atoms with E-state index in [1.54, 1.807) is 27.7 Å². The summed E-state index contributed by atoms with van der Waals surface area (Å²) in [5, 5.41) is 10.5. The zero-order chi connectivity index (χ0) is 27.8. The lowest BCUT2D eigenvalue weighted by Crippen LogP contribution is -2.10. The quantitative estimate of drug-likeness (QED) is 0.164. The molecule has 0 unspecified atom stereocenters. The van der Waals surface area contributed by atoms with Crippen LogP contribution in [0.4, 0.5) is 11.4 Å². The van der Waals surface area contributed by atoms with Gasteiger partial charge < -0.3 is 14.9 Å². The molecule has 14 heteroatoms. The van der Waals surface area contributed by atoms with E-state index in [1.807, 2.05) is 0 Å². The summed E-state index contributed by atoms with van der Waals surface area (Å²) in [6.45, 7) is 6.94. The van der Waals surface area contributed by atoms with Crippen LogP contribution < -0.4 is 5.73 Å². The molecule has 0 heterocycles. The minimum atomic E-state index is -3.67. The van der Waals surface area contributed by atoms with Gasteiger partial charge in [-0.25, -0.2) is 16.8 Å². The van der Waals surface area contributed by atoms with Crippen LogP contribution in [0.5, 0.6) is 0 Å². The highest BCUT2D eigenvalue weighted by atomic mass is 32.2. The molecule has 10 nitrogen and oxygen atoms in total. The number of sulfone groups is 2. The summed E-state index contributed by atoms with van der Waals surface area (Å²) in [6.07, 6.45) is 1.49. The van der Waals surface area contributed by atoms with Crippen LogP contribution in [0.25, 0.3) is 0 Å². The molecule has 2 aromatic carbocycles. The lowest BCUT2D eigenvalue weighted by atomic mass is 10.3. The molecule has 36 heavy (non-hydrogen) atoms. The molecule has 202 valence electrons. The summed E-state index contributed by atoms with van der Waals surface area (Å²) in [6, 6.07) is 10.6. The SMILES string of the molecule is CCP(=O)(CC)CS(=O)(=O)c1ccc(N)cc1.CCP(=O)(CC)CS(=O)(=O)c1ccc([N+](=O)[O-])cc1. The third kappa shape index (κ3) is 9.14. The highest BCUT2D eigenvalue weighted by Gasteiger charge is 2.28. The van der Waals surface area contributed by atoms with Crippen molar-refractivity contribution in [2.24, 2.45) is 0 Å². The van der Waals surface area contributed by atoms with E-state index >= 15 is 0 Å². The lowest BCUT2D eigenvalue weighted by molar-refractivity contribution is -0.384. The van der Waals surface area contributed by atoms with Crippen molar-refractivity contribution >= 4 is 45.3 Å². The first-order valence-corrected chi connectivity index (χ1v) is 19.1. The monoisotopic (exact) mass is 580 g/mol. The van der Waals surface area contributed by atoms with Crippen molar-refractivity contribution in [2.75, 3.05) is 41.4 Å². The Bertz CT molecular complexity index is 1330. The first-order valence-electron chi connectivity index (χ1n) is 11.3. The highest BCUT2D eigenvalue weighted by molar-refractivity contribution is 7.99. The van der Waals surface area contributed by atoms with Gasteiger partial charge >= 0.3 is 0 Å². The van der Waals surface area contributed by atoms with E-state index in [0.717, 1.165) is 12.1 Å². The van der Waals surface area contributed by atoms with Crippen molar-refractivity contribution in [3.05, 3.63) is 58.6 Å². The highest BCUT2D eigenvalue weighted by Crippen LogP contribution is 2.47. The molecule has 0 atom stereocenters. The Kier molecular flexibility index (Phi) is 11.6. The van der Waals surface area contributed by atoms with E-state index < -0.39 is 38.9 Å². The van der Waals surface area contributed by atoms with Crippen molar-refractivity contribution in [3.8, 4) is 0 Å². The van der Waals surface area contributed by atoms with Crippen LogP contribution >= 0.6 is 14.3 Å². The second-order valence-corrected chi connectivity index (χ2v) is 20.4. The summed E-state index contributed by atoms with van der Waals surface area (Å²) in [7, 11) is -12.5. The second kappa shape index (κ2) is 13.0. The maximum atomic E-state index is 12.2. The van der Waals surface area contributed by atoms with E-state index in [2.05, 4.69) is 0 Å². The molecular formula is C22H34N2O8P2S2. The summed E-state index contributed by atoms with van der Waals surface area (Å²) in [4.78, 5) is 10.1. The molecule has 0 aromatic heterocycles. The van der Waals surface area contributed by atoms with Gasteiger partial charge in [0, 0.05) is 17.8 Å². The van der Waals surface area contributed by atoms with E-state index in [-0.39, 0.29) is 26.5 Å². The van der Waals surface area contributed by atoms with Crippen molar-refractivity contribution in [1.82, 2.24) is 0 Å². The van der Waals surface area contributed by atoms with Crippen LogP contribution in [0, 0.1) is 10.1 Å². The average Bonchev–Trinajstić information content (AvgIpc) is 2.84. The standard InChI is InChI=1S/C11H16NO5PS.C11H18NO3PS/c1-3-18(15,4-2)9-19(16,17)11-7-5-10(6-8-11)12(13)14;1-3-16(13,4-2)9-17(14,15)11-7-5-10(12)6-8-11/h5-8H,3-4,9H2,1-2H3;5-8H,3-4,9,12H2,1-2H3. The molecule has 2 aromatic rings. The molecule has 0 bridgehead atoms. The Morgan fingerprint density at radius 2 is 1.00 bits per heavy atom. The van der Waals surface area contributed by atoms with Crippen LogP contribution in [-0.4, -0.2) is 57.4 Å². The van der Waals surface area contributed by atoms with Crippen molar-refractivity contribution in [2.45, 2.75) is 37.5 Å². The zero-order valence-corrected chi connectivity index (χ0v) is 24.3. The van der Waals surface area contributed by atoms with E-state index in [0.29, 0.717) is 30.3 Å². The fourth-order valence-electron chi connectivity index (χ4n) is 3.03.